The van der Waals surface area contributed by atoms with Crippen LogP contribution >= 0.6 is 11.6 Å². The zero-order valence-electron chi connectivity index (χ0n) is 11.2. The second kappa shape index (κ2) is 7.41. The summed E-state index contributed by atoms with van der Waals surface area (Å²) in [6.07, 6.45) is 0. The van der Waals surface area contributed by atoms with E-state index in [2.05, 4.69) is 20.3 Å². The maximum Gasteiger partial charge on any atom is 0.251 e. The molecule has 0 saturated carbocycles. The summed E-state index contributed by atoms with van der Waals surface area (Å²) in [6.45, 7) is 2.55. The van der Waals surface area contributed by atoms with Gasteiger partial charge in [-0.05, 0) is 26.1 Å². The van der Waals surface area contributed by atoms with E-state index in [1.165, 1.54) is 13.1 Å². The van der Waals surface area contributed by atoms with E-state index >= 15 is 0 Å². The number of aromatic nitrogens is 1. The first kappa shape index (κ1) is 16.7. The highest BCUT2D eigenvalue weighted by atomic mass is 35.5. The molecule has 1 amide bonds. The first-order valence-electron chi connectivity index (χ1n) is 5.99. The third-order valence-electron chi connectivity index (χ3n) is 2.38. The fourth-order valence-electron chi connectivity index (χ4n) is 1.40. The highest BCUT2D eigenvalue weighted by molar-refractivity contribution is 7.89. The van der Waals surface area contributed by atoms with Crippen LogP contribution in [0.25, 0.3) is 0 Å². The van der Waals surface area contributed by atoms with Crippen molar-refractivity contribution in [3.8, 4) is 0 Å². The van der Waals surface area contributed by atoms with Gasteiger partial charge in [-0.1, -0.05) is 11.6 Å². The average molecular weight is 321 g/mol. The van der Waals surface area contributed by atoms with Gasteiger partial charge < -0.3 is 10.6 Å². The molecule has 0 saturated heterocycles. The number of pyridine rings is 1. The average Bonchev–Trinajstić information content (AvgIpc) is 2.38. The predicted molar refractivity (Wildman–Crippen MR) is 78.6 cm³/mol. The first-order valence-corrected chi connectivity index (χ1v) is 8.02. The molecule has 9 heteroatoms. The number of amides is 1. The fraction of sp³-hybridized carbons (Fsp3) is 0.455. The van der Waals surface area contributed by atoms with Crippen molar-refractivity contribution < 1.29 is 13.2 Å². The number of rotatable bonds is 7. The third-order valence-corrected chi connectivity index (χ3v) is 3.94. The largest absolute Gasteiger partial charge is 0.370 e. The van der Waals surface area contributed by atoms with Crippen molar-refractivity contribution in [1.82, 2.24) is 15.0 Å². The molecule has 0 atom stereocenters. The van der Waals surface area contributed by atoms with Crippen LogP contribution in [0.1, 0.15) is 17.3 Å². The Labute approximate surface area is 123 Å². The summed E-state index contributed by atoms with van der Waals surface area (Å²) in [6, 6.07) is 2.97. The number of carbonyl (C=O) groups is 1. The summed E-state index contributed by atoms with van der Waals surface area (Å²) in [7, 11) is -2.02. The van der Waals surface area contributed by atoms with Gasteiger partial charge in [-0.15, -0.1) is 0 Å². The maximum atomic E-state index is 11.9. The number of carbonyl (C=O) groups excluding carboxylic acids is 1. The van der Waals surface area contributed by atoms with Crippen LogP contribution in [0.5, 0.6) is 0 Å². The minimum atomic E-state index is -3.34. The third kappa shape index (κ3) is 5.32. The lowest BCUT2D eigenvalue weighted by Crippen LogP contribution is -2.33. The van der Waals surface area contributed by atoms with Crippen molar-refractivity contribution in [2.75, 3.05) is 31.2 Å². The molecule has 0 aromatic carbocycles. The van der Waals surface area contributed by atoms with Crippen molar-refractivity contribution in [2.45, 2.75) is 6.92 Å². The predicted octanol–water partition coefficient (Wildman–Crippen LogP) is 0.446. The topological polar surface area (TPSA) is 100 Å². The molecule has 1 rings (SSSR count). The van der Waals surface area contributed by atoms with Gasteiger partial charge in [-0.25, -0.2) is 18.1 Å². The Bertz CT molecular complexity index is 577. The lowest BCUT2D eigenvalue weighted by atomic mass is 10.2. The van der Waals surface area contributed by atoms with Gasteiger partial charge in [0.15, 0.2) is 0 Å². The Morgan fingerprint density at radius 3 is 2.70 bits per heavy atom. The van der Waals surface area contributed by atoms with Crippen LogP contribution in [0.15, 0.2) is 12.1 Å². The van der Waals surface area contributed by atoms with Crippen LogP contribution in [0.4, 0.5) is 5.82 Å². The van der Waals surface area contributed by atoms with E-state index in [1.54, 1.807) is 6.07 Å². The van der Waals surface area contributed by atoms with E-state index in [4.69, 9.17) is 11.6 Å². The monoisotopic (exact) mass is 320 g/mol. The quantitative estimate of drug-likeness (QED) is 0.633. The lowest BCUT2D eigenvalue weighted by Gasteiger charge is -2.08. The van der Waals surface area contributed by atoms with E-state index < -0.39 is 15.9 Å². The summed E-state index contributed by atoms with van der Waals surface area (Å²) >= 11 is 5.82. The molecule has 20 heavy (non-hydrogen) atoms. The van der Waals surface area contributed by atoms with Gasteiger partial charge in [0.25, 0.3) is 5.91 Å². The van der Waals surface area contributed by atoms with Crippen molar-refractivity contribution in [2.24, 2.45) is 0 Å². The minimum Gasteiger partial charge on any atom is -0.370 e. The van der Waals surface area contributed by atoms with Crippen LogP contribution in [-0.4, -0.2) is 45.2 Å². The van der Waals surface area contributed by atoms with Crippen molar-refractivity contribution in [1.29, 1.82) is 0 Å². The summed E-state index contributed by atoms with van der Waals surface area (Å²) in [4.78, 5) is 15.9. The molecule has 0 radical (unpaired) electrons. The van der Waals surface area contributed by atoms with Crippen molar-refractivity contribution in [3.05, 3.63) is 22.8 Å². The Morgan fingerprint density at radius 2 is 2.10 bits per heavy atom. The second-order valence-corrected chi connectivity index (χ2v) is 6.31. The molecule has 0 fully saturated rings. The summed E-state index contributed by atoms with van der Waals surface area (Å²) in [5, 5.41) is 5.66. The second-order valence-electron chi connectivity index (χ2n) is 3.87. The highest BCUT2D eigenvalue weighted by Crippen LogP contribution is 2.14. The normalized spacial score (nSPS) is 11.2. The Kier molecular flexibility index (Phi) is 6.18. The number of sulfonamides is 1. The molecule has 3 N–H and O–H groups in total. The number of halogens is 1. The van der Waals surface area contributed by atoms with Crippen LogP contribution in [0, 0.1) is 0 Å². The molecule has 1 aromatic heterocycles. The molecule has 0 aliphatic heterocycles. The molecule has 7 nitrogen and oxygen atoms in total. The van der Waals surface area contributed by atoms with Gasteiger partial charge in [0.2, 0.25) is 10.0 Å². The van der Waals surface area contributed by atoms with Crippen molar-refractivity contribution >= 4 is 33.3 Å². The van der Waals surface area contributed by atoms with Gasteiger partial charge in [0, 0.05) is 18.7 Å². The SMILES string of the molecule is CCNc1cc(C(=O)NCCS(=O)(=O)NC)cc(Cl)n1. The Hall–Kier alpha value is -1.38. The Balaban J connectivity index is 2.68. The van der Waals surface area contributed by atoms with Crippen molar-refractivity contribution in [3.63, 3.8) is 0 Å². The molecule has 0 aliphatic rings. The molecule has 0 unspecified atom stereocenters. The smallest absolute Gasteiger partial charge is 0.251 e. The fourth-order valence-corrected chi connectivity index (χ4v) is 2.19. The number of nitrogens with one attached hydrogen (secondary N) is 3. The van der Waals surface area contributed by atoms with Crippen LogP contribution in [0.2, 0.25) is 5.15 Å². The number of hydrogen-bond acceptors (Lipinski definition) is 5. The summed E-state index contributed by atoms with van der Waals surface area (Å²) in [5.74, 6) is -0.0959. The van der Waals surface area contributed by atoms with Gasteiger partial charge in [0.05, 0.1) is 5.75 Å². The van der Waals surface area contributed by atoms with Gasteiger partial charge >= 0.3 is 0 Å². The van der Waals surface area contributed by atoms with Crippen LogP contribution in [-0.2, 0) is 10.0 Å². The van der Waals surface area contributed by atoms with E-state index in [9.17, 15) is 13.2 Å². The van der Waals surface area contributed by atoms with E-state index in [0.717, 1.165) is 0 Å². The molecule has 112 valence electrons. The lowest BCUT2D eigenvalue weighted by molar-refractivity contribution is 0.0956. The minimum absolute atomic E-state index is 0.0124. The number of nitrogens with zero attached hydrogens (tertiary/aromatic N) is 1. The zero-order valence-corrected chi connectivity index (χ0v) is 12.8. The maximum absolute atomic E-state index is 11.9. The van der Waals surface area contributed by atoms with E-state index in [1.807, 2.05) is 6.92 Å². The molecule has 1 heterocycles. The summed E-state index contributed by atoms with van der Waals surface area (Å²) < 4.78 is 24.6. The molecular formula is C11H17ClN4O3S. The van der Waals surface area contributed by atoms with Gasteiger partial charge in [0.1, 0.15) is 11.0 Å². The van der Waals surface area contributed by atoms with Crippen LogP contribution in [0.3, 0.4) is 0 Å². The number of hydrogen-bond donors (Lipinski definition) is 3. The summed E-state index contributed by atoms with van der Waals surface area (Å²) in [5.41, 5.74) is 0.322. The molecule has 0 aliphatic carbocycles. The van der Waals surface area contributed by atoms with E-state index in [0.29, 0.717) is 17.9 Å². The first-order chi connectivity index (χ1) is 9.38. The Morgan fingerprint density at radius 1 is 1.40 bits per heavy atom. The molecular weight excluding hydrogens is 304 g/mol. The zero-order chi connectivity index (χ0) is 15.2. The molecule has 1 aromatic rings. The standard InChI is InChI=1S/C11H17ClN4O3S/c1-3-14-10-7-8(6-9(12)16-10)11(17)15-4-5-20(18,19)13-2/h6-7,13H,3-5H2,1-2H3,(H,14,16)(H,15,17). The number of anilines is 1. The van der Waals surface area contributed by atoms with Gasteiger partial charge in [-0.3, -0.25) is 4.79 Å². The van der Waals surface area contributed by atoms with Gasteiger partial charge in [-0.2, -0.15) is 0 Å². The van der Waals surface area contributed by atoms with Crippen LogP contribution < -0.4 is 15.4 Å². The molecule has 0 bridgehead atoms. The molecule has 0 spiro atoms. The van der Waals surface area contributed by atoms with E-state index in [-0.39, 0.29) is 17.5 Å². The highest BCUT2D eigenvalue weighted by Gasteiger charge is 2.11.